The van der Waals surface area contributed by atoms with Crippen LogP contribution in [0.3, 0.4) is 0 Å². The molecular weight excluding hydrogens is 272 g/mol. The normalized spacial score (nSPS) is 19.9. The highest BCUT2D eigenvalue weighted by Crippen LogP contribution is 2.01. The van der Waals surface area contributed by atoms with Crippen molar-refractivity contribution in [3.63, 3.8) is 0 Å². The van der Waals surface area contributed by atoms with Crippen LogP contribution in [0.15, 0.2) is 0 Å². The molecule has 2 amide bonds. The maximum Gasteiger partial charge on any atom is 0.236 e. The maximum absolute atomic E-state index is 12.1. The molecule has 0 radical (unpaired) electrons. The van der Waals surface area contributed by atoms with Crippen LogP contribution in [0.4, 0.5) is 0 Å². The Balaban J connectivity index is 1.65. The molecule has 0 aromatic carbocycles. The van der Waals surface area contributed by atoms with E-state index in [4.69, 9.17) is 4.74 Å². The first-order chi connectivity index (χ1) is 10.2. The van der Waals surface area contributed by atoms with Gasteiger partial charge in [0, 0.05) is 52.2 Å². The second-order valence-corrected chi connectivity index (χ2v) is 5.61. The number of hydrogen-bond donors (Lipinski definition) is 1. The van der Waals surface area contributed by atoms with Gasteiger partial charge in [-0.2, -0.15) is 0 Å². The third-order valence-electron chi connectivity index (χ3n) is 3.95. The number of carbonyl (C=O) groups is 2. The maximum atomic E-state index is 12.1. The van der Waals surface area contributed by atoms with E-state index >= 15 is 0 Å². The van der Waals surface area contributed by atoms with Gasteiger partial charge in [-0.25, -0.2) is 0 Å². The smallest absolute Gasteiger partial charge is 0.236 e. The Morgan fingerprint density at radius 3 is 2.33 bits per heavy atom. The fourth-order valence-electron chi connectivity index (χ4n) is 2.58. The lowest BCUT2D eigenvalue weighted by atomic mass is 10.3. The molecule has 7 heteroatoms. The Morgan fingerprint density at radius 2 is 1.67 bits per heavy atom. The molecule has 21 heavy (non-hydrogen) atoms. The molecule has 0 aromatic heterocycles. The minimum atomic E-state index is 0.121. The molecule has 0 aromatic rings. The summed E-state index contributed by atoms with van der Waals surface area (Å²) in [7, 11) is 1.89. The Hall–Kier alpha value is -1.18. The van der Waals surface area contributed by atoms with Crippen molar-refractivity contribution in [3.05, 3.63) is 0 Å². The van der Waals surface area contributed by atoms with Crippen LogP contribution in [-0.2, 0) is 14.3 Å². The highest BCUT2D eigenvalue weighted by molar-refractivity contribution is 5.79. The summed E-state index contributed by atoms with van der Waals surface area (Å²) >= 11 is 0. The summed E-state index contributed by atoms with van der Waals surface area (Å²) in [6.07, 6.45) is 0.479. The van der Waals surface area contributed by atoms with E-state index in [0.29, 0.717) is 45.8 Å². The fraction of sp³-hybridized carbons (Fsp3) is 0.857. The predicted octanol–water partition coefficient (Wildman–Crippen LogP) is -1.40. The Kier molecular flexibility index (Phi) is 6.41. The van der Waals surface area contributed by atoms with Crippen LogP contribution in [0, 0.1) is 0 Å². The number of nitrogens with one attached hydrogen (secondary N) is 1. The van der Waals surface area contributed by atoms with Crippen LogP contribution in [0.5, 0.6) is 0 Å². The molecule has 1 N–H and O–H groups in total. The SMILES string of the molecule is CN(CCC(=O)N1CCNCC1)CC(=O)N1CCOCC1. The molecule has 2 rings (SSSR count). The summed E-state index contributed by atoms with van der Waals surface area (Å²) in [5.41, 5.74) is 0. The van der Waals surface area contributed by atoms with Gasteiger partial charge in [-0.1, -0.05) is 0 Å². The number of hydrogen-bond acceptors (Lipinski definition) is 5. The van der Waals surface area contributed by atoms with Crippen molar-refractivity contribution in [1.82, 2.24) is 20.0 Å². The number of nitrogens with zero attached hydrogens (tertiary/aromatic N) is 3. The van der Waals surface area contributed by atoms with Gasteiger partial charge >= 0.3 is 0 Å². The Bertz CT molecular complexity index is 352. The molecule has 2 aliphatic rings. The van der Waals surface area contributed by atoms with Crippen molar-refractivity contribution in [1.29, 1.82) is 0 Å². The van der Waals surface area contributed by atoms with Crippen molar-refractivity contribution in [2.45, 2.75) is 6.42 Å². The van der Waals surface area contributed by atoms with E-state index < -0.39 is 0 Å². The number of rotatable bonds is 5. The zero-order valence-electron chi connectivity index (χ0n) is 12.8. The van der Waals surface area contributed by atoms with Crippen LogP contribution in [0.1, 0.15) is 6.42 Å². The highest BCUT2D eigenvalue weighted by atomic mass is 16.5. The van der Waals surface area contributed by atoms with Gasteiger partial charge in [-0.3, -0.25) is 14.5 Å². The summed E-state index contributed by atoms with van der Waals surface area (Å²) in [4.78, 5) is 29.8. The zero-order valence-corrected chi connectivity index (χ0v) is 12.8. The number of piperazine rings is 1. The summed E-state index contributed by atoms with van der Waals surface area (Å²) in [5, 5.41) is 3.23. The Morgan fingerprint density at radius 1 is 1.05 bits per heavy atom. The minimum Gasteiger partial charge on any atom is -0.378 e. The molecule has 0 atom stereocenters. The van der Waals surface area contributed by atoms with Crippen LogP contribution in [0.2, 0.25) is 0 Å². The van der Waals surface area contributed by atoms with Crippen LogP contribution < -0.4 is 5.32 Å². The van der Waals surface area contributed by atoms with E-state index in [-0.39, 0.29) is 11.8 Å². The molecule has 0 saturated carbocycles. The monoisotopic (exact) mass is 298 g/mol. The molecule has 2 saturated heterocycles. The predicted molar refractivity (Wildman–Crippen MR) is 79.0 cm³/mol. The van der Waals surface area contributed by atoms with Gasteiger partial charge < -0.3 is 19.9 Å². The van der Waals surface area contributed by atoms with Gasteiger partial charge in [0.25, 0.3) is 0 Å². The van der Waals surface area contributed by atoms with E-state index in [1.54, 1.807) is 0 Å². The average Bonchev–Trinajstić information content (AvgIpc) is 2.54. The number of carbonyl (C=O) groups excluding carboxylic acids is 2. The minimum absolute atomic E-state index is 0.121. The van der Waals surface area contributed by atoms with Crippen LogP contribution in [-0.4, -0.2) is 99.1 Å². The number of amides is 2. The quantitative estimate of drug-likeness (QED) is 0.676. The van der Waals surface area contributed by atoms with E-state index in [1.165, 1.54) is 0 Å². The van der Waals surface area contributed by atoms with E-state index in [9.17, 15) is 9.59 Å². The lowest BCUT2D eigenvalue weighted by Crippen LogP contribution is -2.47. The largest absolute Gasteiger partial charge is 0.378 e. The molecule has 0 unspecified atom stereocenters. The summed E-state index contributed by atoms with van der Waals surface area (Å²) in [6.45, 7) is 6.90. The van der Waals surface area contributed by atoms with E-state index in [0.717, 1.165) is 26.2 Å². The zero-order chi connectivity index (χ0) is 15.1. The summed E-state index contributed by atoms with van der Waals surface area (Å²) in [5.74, 6) is 0.303. The van der Waals surface area contributed by atoms with Crippen molar-refractivity contribution in [2.24, 2.45) is 0 Å². The second-order valence-electron chi connectivity index (χ2n) is 5.61. The lowest BCUT2D eigenvalue weighted by Gasteiger charge is -2.30. The third-order valence-corrected chi connectivity index (χ3v) is 3.95. The van der Waals surface area contributed by atoms with Crippen molar-refractivity contribution in [3.8, 4) is 0 Å². The highest BCUT2D eigenvalue weighted by Gasteiger charge is 2.20. The van der Waals surface area contributed by atoms with Gasteiger partial charge in [0.15, 0.2) is 0 Å². The van der Waals surface area contributed by atoms with Crippen molar-refractivity contribution in [2.75, 3.05) is 72.6 Å². The topological polar surface area (TPSA) is 65.1 Å². The van der Waals surface area contributed by atoms with Gasteiger partial charge in [0.1, 0.15) is 0 Å². The molecule has 120 valence electrons. The Labute approximate surface area is 126 Å². The first-order valence-electron chi connectivity index (χ1n) is 7.69. The second kappa shape index (κ2) is 8.31. The standard InChI is InChI=1S/C14H26N4O3/c1-16(12-14(20)18-8-10-21-11-9-18)5-2-13(19)17-6-3-15-4-7-17/h15H,2-12H2,1H3. The first kappa shape index (κ1) is 16.2. The van der Waals surface area contributed by atoms with Gasteiger partial charge in [0.05, 0.1) is 19.8 Å². The van der Waals surface area contributed by atoms with Crippen LogP contribution >= 0.6 is 0 Å². The average molecular weight is 298 g/mol. The molecule has 2 heterocycles. The van der Waals surface area contributed by atoms with E-state index in [1.807, 2.05) is 21.7 Å². The van der Waals surface area contributed by atoms with Gasteiger partial charge in [0.2, 0.25) is 11.8 Å². The lowest BCUT2D eigenvalue weighted by molar-refractivity contribution is -0.137. The van der Waals surface area contributed by atoms with Gasteiger partial charge in [-0.05, 0) is 7.05 Å². The van der Waals surface area contributed by atoms with Crippen molar-refractivity contribution < 1.29 is 14.3 Å². The van der Waals surface area contributed by atoms with Crippen molar-refractivity contribution >= 4 is 11.8 Å². The molecule has 2 fully saturated rings. The fourth-order valence-corrected chi connectivity index (χ4v) is 2.58. The molecular formula is C14H26N4O3. The first-order valence-corrected chi connectivity index (χ1v) is 7.69. The summed E-state index contributed by atoms with van der Waals surface area (Å²) in [6, 6.07) is 0. The number of morpholine rings is 1. The molecule has 0 bridgehead atoms. The molecule has 7 nitrogen and oxygen atoms in total. The van der Waals surface area contributed by atoms with Gasteiger partial charge in [-0.15, -0.1) is 0 Å². The summed E-state index contributed by atoms with van der Waals surface area (Å²) < 4.78 is 5.24. The van der Waals surface area contributed by atoms with E-state index in [2.05, 4.69) is 5.32 Å². The third kappa shape index (κ3) is 5.26. The van der Waals surface area contributed by atoms with Crippen LogP contribution in [0.25, 0.3) is 0 Å². The molecule has 0 aliphatic carbocycles. The molecule has 0 spiro atoms. The molecule has 2 aliphatic heterocycles. The number of ether oxygens (including phenoxy) is 1. The number of likely N-dealkylation sites (N-methyl/N-ethyl adjacent to an activating group) is 1.